The lowest BCUT2D eigenvalue weighted by molar-refractivity contribution is 0.241. The molecule has 0 heterocycles. The highest BCUT2D eigenvalue weighted by atomic mass is 19.3. The summed E-state index contributed by atoms with van der Waals surface area (Å²) in [5, 5.41) is 0. The molecular formula is C12H13F3O. The molecular weight excluding hydrogens is 217 g/mol. The molecule has 4 heteroatoms. The van der Waals surface area contributed by atoms with Crippen LogP contribution in [0.15, 0.2) is 36.4 Å². The van der Waals surface area contributed by atoms with E-state index in [1.165, 1.54) is 12.1 Å². The van der Waals surface area contributed by atoms with Gasteiger partial charge in [0.2, 0.25) is 0 Å². The molecule has 0 saturated heterocycles. The van der Waals surface area contributed by atoms with Gasteiger partial charge >= 0.3 is 12.1 Å². The van der Waals surface area contributed by atoms with Crippen molar-refractivity contribution in [3.63, 3.8) is 0 Å². The highest BCUT2D eigenvalue weighted by Crippen LogP contribution is 2.25. The van der Waals surface area contributed by atoms with Gasteiger partial charge in [0.15, 0.2) is 0 Å². The number of halogens is 3. The molecule has 0 fully saturated rings. The summed E-state index contributed by atoms with van der Waals surface area (Å²) in [6, 6.07) is 4.51. The van der Waals surface area contributed by atoms with E-state index < -0.39 is 12.1 Å². The minimum absolute atomic E-state index is 0.0434. The van der Waals surface area contributed by atoms with Gasteiger partial charge in [0.05, 0.1) is 0 Å². The van der Waals surface area contributed by atoms with Gasteiger partial charge in [-0.15, -0.1) is 0 Å². The summed E-state index contributed by atoms with van der Waals surface area (Å²) >= 11 is 0. The van der Waals surface area contributed by atoms with Crippen LogP contribution >= 0.6 is 0 Å². The fourth-order valence-corrected chi connectivity index (χ4v) is 1.17. The SMILES string of the molecule is CC(C)(C)c1ccc(OC(F)=C(F)F)cc1. The fourth-order valence-electron chi connectivity index (χ4n) is 1.17. The van der Waals surface area contributed by atoms with E-state index in [0.717, 1.165) is 5.56 Å². The van der Waals surface area contributed by atoms with Crippen LogP contribution in [0.25, 0.3) is 0 Å². The first-order chi connectivity index (χ1) is 7.30. The van der Waals surface area contributed by atoms with E-state index in [1.807, 2.05) is 20.8 Å². The van der Waals surface area contributed by atoms with Crippen molar-refractivity contribution >= 4 is 0 Å². The number of benzene rings is 1. The summed E-state index contributed by atoms with van der Waals surface area (Å²) in [6.45, 7) is 6.06. The predicted molar refractivity (Wildman–Crippen MR) is 56.1 cm³/mol. The standard InChI is InChI=1S/C12H13F3O/c1-12(2,3)8-4-6-9(7-5-8)16-11(15)10(13)14/h4-7H,1-3H3. The molecule has 0 aliphatic carbocycles. The minimum atomic E-state index is -2.46. The van der Waals surface area contributed by atoms with Crippen molar-refractivity contribution < 1.29 is 17.9 Å². The normalized spacial score (nSPS) is 11.1. The molecule has 0 aromatic heterocycles. The Morgan fingerprint density at radius 3 is 1.88 bits per heavy atom. The number of hydrogen-bond acceptors (Lipinski definition) is 1. The lowest BCUT2D eigenvalue weighted by atomic mass is 9.87. The van der Waals surface area contributed by atoms with Crippen LogP contribution in [0.4, 0.5) is 13.2 Å². The molecule has 1 nitrogen and oxygen atoms in total. The Bertz CT molecular complexity index is 384. The third-order valence-corrected chi connectivity index (χ3v) is 2.08. The van der Waals surface area contributed by atoms with E-state index in [9.17, 15) is 13.2 Å². The van der Waals surface area contributed by atoms with Crippen molar-refractivity contribution in [3.05, 3.63) is 41.9 Å². The second-order valence-electron chi connectivity index (χ2n) is 4.41. The van der Waals surface area contributed by atoms with Crippen LogP contribution in [0.3, 0.4) is 0 Å². The average Bonchev–Trinajstić information content (AvgIpc) is 2.17. The van der Waals surface area contributed by atoms with Gasteiger partial charge in [-0.25, -0.2) is 0 Å². The van der Waals surface area contributed by atoms with Crippen molar-refractivity contribution in [2.75, 3.05) is 0 Å². The molecule has 16 heavy (non-hydrogen) atoms. The molecule has 0 spiro atoms. The zero-order valence-electron chi connectivity index (χ0n) is 9.35. The highest BCUT2D eigenvalue weighted by molar-refractivity contribution is 5.31. The van der Waals surface area contributed by atoms with Gasteiger partial charge in [0.1, 0.15) is 5.75 Å². The van der Waals surface area contributed by atoms with Crippen LogP contribution in [-0.2, 0) is 5.41 Å². The molecule has 0 bridgehead atoms. The zero-order chi connectivity index (χ0) is 12.3. The molecule has 0 aliphatic rings. The van der Waals surface area contributed by atoms with Gasteiger partial charge in [-0.05, 0) is 23.1 Å². The van der Waals surface area contributed by atoms with Gasteiger partial charge in [0.25, 0.3) is 0 Å². The topological polar surface area (TPSA) is 9.23 Å². The predicted octanol–water partition coefficient (Wildman–Crippen LogP) is 4.40. The van der Waals surface area contributed by atoms with Crippen LogP contribution in [0.1, 0.15) is 26.3 Å². The smallest absolute Gasteiger partial charge is 0.344 e. The Hall–Kier alpha value is -1.45. The van der Waals surface area contributed by atoms with Crippen molar-refractivity contribution in [1.29, 1.82) is 0 Å². The second kappa shape index (κ2) is 4.60. The van der Waals surface area contributed by atoms with E-state index in [-0.39, 0.29) is 11.2 Å². The molecule has 1 aromatic rings. The molecule has 1 aromatic carbocycles. The second-order valence-corrected chi connectivity index (χ2v) is 4.41. The summed E-state index contributed by atoms with van der Waals surface area (Å²) in [5.41, 5.74) is 0.975. The first-order valence-electron chi connectivity index (χ1n) is 4.80. The van der Waals surface area contributed by atoms with Gasteiger partial charge in [-0.2, -0.15) is 13.2 Å². The Balaban J connectivity index is 2.85. The van der Waals surface area contributed by atoms with Gasteiger partial charge < -0.3 is 4.74 Å². The van der Waals surface area contributed by atoms with Crippen LogP contribution in [-0.4, -0.2) is 0 Å². The van der Waals surface area contributed by atoms with E-state index in [1.54, 1.807) is 12.1 Å². The summed E-state index contributed by atoms with van der Waals surface area (Å²) in [5.74, 6) is 0.0540. The van der Waals surface area contributed by atoms with Crippen LogP contribution in [0.2, 0.25) is 0 Å². The fraction of sp³-hybridized carbons (Fsp3) is 0.333. The largest absolute Gasteiger partial charge is 0.428 e. The number of hydrogen-bond donors (Lipinski definition) is 0. The lowest BCUT2D eigenvalue weighted by Gasteiger charge is -2.18. The molecule has 0 N–H and O–H groups in total. The molecule has 0 unspecified atom stereocenters. The first kappa shape index (κ1) is 12.6. The number of rotatable bonds is 2. The maximum Gasteiger partial charge on any atom is 0.344 e. The molecule has 0 radical (unpaired) electrons. The first-order valence-corrected chi connectivity index (χ1v) is 4.80. The molecule has 0 aliphatic heterocycles. The van der Waals surface area contributed by atoms with Gasteiger partial charge in [0, 0.05) is 0 Å². The van der Waals surface area contributed by atoms with Crippen LogP contribution in [0, 0.1) is 0 Å². The quantitative estimate of drug-likeness (QED) is 0.684. The zero-order valence-corrected chi connectivity index (χ0v) is 9.35. The summed E-state index contributed by atoms with van der Waals surface area (Å²) in [6.07, 6.45) is -2.46. The van der Waals surface area contributed by atoms with Crippen molar-refractivity contribution in [2.24, 2.45) is 0 Å². The van der Waals surface area contributed by atoms with Crippen molar-refractivity contribution in [2.45, 2.75) is 26.2 Å². The Kier molecular flexibility index (Phi) is 3.62. The maximum atomic E-state index is 12.5. The third-order valence-electron chi connectivity index (χ3n) is 2.08. The Labute approximate surface area is 92.5 Å². The third kappa shape index (κ3) is 3.29. The van der Waals surface area contributed by atoms with E-state index in [2.05, 4.69) is 4.74 Å². The van der Waals surface area contributed by atoms with E-state index in [4.69, 9.17) is 0 Å². The molecule has 0 saturated carbocycles. The monoisotopic (exact) mass is 230 g/mol. The van der Waals surface area contributed by atoms with Gasteiger partial charge in [-0.3, -0.25) is 0 Å². The minimum Gasteiger partial charge on any atom is -0.428 e. The van der Waals surface area contributed by atoms with Crippen molar-refractivity contribution in [1.82, 2.24) is 0 Å². The van der Waals surface area contributed by atoms with E-state index >= 15 is 0 Å². The van der Waals surface area contributed by atoms with Crippen molar-refractivity contribution in [3.8, 4) is 5.75 Å². The Morgan fingerprint density at radius 2 is 1.50 bits per heavy atom. The van der Waals surface area contributed by atoms with Crippen LogP contribution in [0.5, 0.6) is 5.75 Å². The number of ether oxygens (including phenoxy) is 1. The molecule has 88 valence electrons. The van der Waals surface area contributed by atoms with Gasteiger partial charge in [-0.1, -0.05) is 32.9 Å². The lowest BCUT2D eigenvalue weighted by Crippen LogP contribution is -2.10. The molecule has 0 atom stereocenters. The molecule has 0 amide bonds. The summed E-state index contributed by atoms with van der Waals surface area (Å²) < 4.78 is 40.3. The van der Waals surface area contributed by atoms with Crippen LogP contribution < -0.4 is 4.74 Å². The van der Waals surface area contributed by atoms with E-state index in [0.29, 0.717) is 0 Å². The summed E-state index contributed by atoms with van der Waals surface area (Å²) in [7, 11) is 0. The average molecular weight is 230 g/mol. The highest BCUT2D eigenvalue weighted by Gasteiger charge is 2.14. The Morgan fingerprint density at radius 1 is 1.00 bits per heavy atom. The molecule has 1 rings (SSSR count). The summed E-state index contributed by atoms with van der Waals surface area (Å²) in [4.78, 5) is 0. The maximum absolute atomic E-state index is 12.5.